The molecule has 1 atom stereocenters. The van der Waals surface area contributed by atoms with Gasteiger partial charge in [-0.1, -0.05) is 32.0 Å². The standard InChI is InChI=1S/C31H38F2N6O4/c1-6-39(7-2)17-16-24(37-29(41)35-21-13-14-22(32)23(33)18-21)20-12-15-27(34-19-20)28(40)36-25-10-8-9-11-26(25)38-30(42)43-31(3,4)5/h8-15,18-19,24H,6-7,16-17H2,1-5H3,(H,36,40)(H,38,42)(H2,35,37,41). The zero-order valence-corrected chi connectivity index (χ0v) is 25.0. The Balaban J connectivity index is 1.73. The van der Waals surface area contributed by atoms with Gasteiger partial charge in [0.05, 0.1) is 17.4 Å². The first-order valence-electron chi connectivity index (χ1n) is 14.0. The number of para-hydroxylation sites is 2. The van der Waals surface area contributed by atoms with Gasteiger partial charge in [0, 0.05) is 24.5 Å². The van der Waals surface area contributed by atoms with Crippen molar-refractivity contribution >= 4 is 35.1 Å². The summed E-state index contributed by atoms with van der Waals surface area (Å²) in [5.41, 5.74) is 0.892. The number of anilines is 3. The third-order valence-corrected chi connectivity index (χ3v) is 6.34. The molecule has 1 aromatic heterocycles. The van der Waals surface area contributed by atoms with Crippen molar-refractivity contribution in [3.05, 3.63) is 83.7 Å². The van der Waals surface area contributed by atoms with E-state index in [0.29, 0.717) is 29.9 Å². The van der Waals surface area contributed by atoms with Crippen LogP contribution in [-0.4, -0.2) is 53.2 Å². The van der Waals surface area contributed by atoms with Crippen LogP contribution in [0.4, 0.5) is 35.4 Å². The van der Waals surface area contributed by atoms with Crippen molar-refractivity contribution in [2.24, 2.45) is 0 Å². The molecule has 4 N–H and O–H groups in total. The van der Waals surface area contributed by atoms with Crippen molar-refractivity contribution in [1.29, 1.82) is 0 Å². The Morgan fingerprint density at radius 1 is 0.907 bits per heavy atom. The van der Waals surface area contributed by atoms with Gasteiger partial charge in [-0.15, -0.1) is 0 Å². The highest BCUT2D eigenvalue weighted by atomic mass is 19.2. The van der Waals surface area contributed by atoms with Gasteiger partial charge >= 0.3 is 12.1 Å². The van der Waals surface area contributed by atoms with Crippen molar-refractivity contribution in [1.82, 2.24) is 15.2 Å². The minimum Gasteiger partial charge on any atom is -0.444 e. The Hall–Kier alpha value is -4.58. The van der Waals surface area contributed by atoms with E-state index in [0.717, 1.165) is 25.2 Å². The molecule has 43 heavy (non-hydrogen) atoms. The monoisotopic (exact) mass is 596 g/mol. The van der Waals surface area contributed by atoms with Gasteiger partial charge in [0.2, 0.25) is 0 Å². The summed E-state index contributed by atoms with van der Waals surface area (Å²) < 4.78 is 32.2. The fourth-order valence-electron chi connectivity index (χ4n) is 4.12. The molecule has 0 saturated heterocycles. The Morgan fingerprint density at radius 3 is 2.16 bits per heavy atom. The van der Waals surface area contributed by atoms with E-state index in [4.69, 9.17) is 4.74 Å². The molecule has 3 rings (SSSR count). The van der Waals surface area contributed by atoms with Crippen LogP contribution in [0.3, 0.4) is 0 Å². The molecule has 0 bridgehead atoms. The predicted molar refractivity (Wildman–Crippen MR) is 162 cm³/mol. The molecule has 10 nitrogen and oxygen atoms in total. The molecule has 1 unspecified atom stereocenters. The molecule has 0 radical (unpaired) electrons. The van der Waals surface area contributed by atoms with E-state index in [1.807, 2.05) is 13.8 Å². The summed E-state index contributed by atoms with van der Waals surface area (Å²) in [6.45, 7) is 11.6. The molecule has 2 aromatic carbocycles. The molecule has 0 spiro atoms. The van der Waals surface area contributed by atoms with Gasteiger partial charge in [-0.2, -0.15) is 0 Å². The smallest absolute Gasteiger partial charge is 0.412 e. The van der Waals surface area contributed by atoms with Crippen LogP contribution in [0.2, 0.25) is 0 Å². The Kier molecular flexibility index (Phi) is 11.5. The Labute approximate surface area is 250 Å². The summed E-state index contributed by atoms with van der Waals surface area (Å²) in [7, 11) is 0. The second kappa shape index (κ2) is 15.1. The van der Waals surface area contributed by atoms with E-state index in [1.165, 1.54) is 18.3 Å². The minimum absolute atomic E-state index is 0.102. The molecule has 0 aliphatic rings. The third kappa shape index (κ3) is 10.3. The highest BCUT2D eigenvalue weighted by Crippen LogP contribution is 2.23. The van der Waals surface area contributed by atoms with Gasteiger partial charge in [-0.05, 0) is 76.2 Å². The topological polar surface area (TPSA) is 125 Å². The number of urea groups is 1. The van der Waals surface area contributed by atoms with Crippen LogP contribution in [-0.2, 0) is 4.74 Å². The Morgan fingerprint density at radius 2 is 1.58 bits per heavy atom. The quantitative estimate of drug-likeness (QED) is 0.199. The SMILES string of the molecule is CCN(CC)CCC(NC(=O)Nc1ccc(F)c(F)c1)c1ccc(C(=O)Nc2ccccc2NC(=O)OC(C)(C)C)nc1. The van der Waals surface area contributed by atoms with Crippen LogP contribution < -0.4 is 21.3 Å². The first-order valence-corrected chi connectivity index (χ1v) is 14.0. The number of carbonyl (C=O) groups is 3. The average Bonchev–Trinajstić information content (AvgIpc) is 2.95. The summed E-state index contributed by atoms with van der Waals surface area (Å²) in [5, 5.41) is 10.8. The van der Waals surface area contributed by atoms with Crippen molar-refractivity contribution in [2.75, 3.05) is 35.6 Å². The molecule has 3 aromatic rings. The maximum absolute atomic E-state index is 13.6. The number of rotatable bonds is 11. The minimum atomic E-state index is -1.07. The molecule has 230 valence electrons. The van der Waals surface area contributed by atoms with Gasteiger partial charge in [-0.3, -0.25) is 15.1 Å². The number of pyridine rings is 1. The van der Waals surface area contributed by atoms with Crippen molar-refractivity contribution in [2.45, 2.75) is 52.7 Å². The zero-order valence-electron chi connectivity index (χ0n) is 25.0. The maximum atomic E-state index is 13.6. The van der Waals surface area contributed by atoms with Gasteiger partial charge in [0.1, 0.15) is 11.3 Å². The van der Waals surface area contributed by atoms with E-state index in [2.05, 4.69) is 31.2 Å². The number of ether oxygens (including phenoxy) is 1. The largest absolute Gasteiger partial charge is 0.444 e. The number of hydrogen-bond donors (Lipinski definition) is 4. The number of nitrogens with one attached hydrogen (secondary N) is 4. The van der Waals surface area contributed by atoms with Crippen LogP contribution in [0.25, 0.3) is 0 Å². The van der Waals surface area contributed by atoms with Gasteiger partial charge in [0.15, 0.2) is 11.6 Å². The summed E-state index contributed by atoms with van der Waals surface area (Å²) in [6, 6.07) is 11.9. The number of hydrogen-bond acceptors (Lipinski definition) is 6. The maximum Gasteiger partial charge on any atom is 0.412 e. The Bertz CT molecular complexity index is 1410. The lowest BCUT2D eigenvalue weighted by Crippen LogP contribution is -2.35. The third-order valence-electron chi connectivity index (χ3n) is 6.34. The lowest BCUT2D eigenvalue weighted by Gasteiger charge is -2.24. The number of nitrogens with zero attached hydrogens (tertiary/aromatic N) is 2. The summed E-state index contributed by atoms with van der Waals surface area (Å²) >= 11 is 0. The molecule has 4 amide bonds. The molecule has 0 aliphatic heterocycles. The lowest BCUT2D eigenvalue weighted by atomic mass is 10.0. The molecule has 0 fully saturated rings. The summed E-state index contributed by atoms with van der Waals surface area (Å²) in [6.07, 6.45) is 1.38. The van der Waals surface area contributed by atoms with Crippen LogP contribution in [0.1, 0.15) is 63.1 Å². The predicted octanol–water partition coefficient (Wildman–Crippen LogP) is 6.55. The first-order chi connectivity index (χ1) is 20.4. The number of carbonyl (C=O) groups excluding carboxylic acids is 3. The van der Waals surface area contributed by atoms with Gasteiger partial charge < -0.3 is 25.6 Å². The van der Waals surface area contributed by atoms with Gasteiger partial charge in [0.25, 0.3) is 5.91 Å². The van der Waals surface area contributed by atoms with Crippen molar-refractivity contribution in [3.8, 4) is 0 Å². The molecule has 0 saturated carbocycles. The van der Waals surface area contributed by atoms with Crippen LogP contribution >= 0.6 is 0 Å². The lowest BCUT2D eigenvalue weighted by molar-refractivity contribution is 0.0635. The summed E-state index contributed by atoms with van der Waals surface area (Å²) in [4.78, 5) is 44.5. The average molecular weight is 597 g/mol. The molecule has 0 aliphatic carbocycles. The van der Waals surface area contributed by atoms with Gasteiger partial charge in [-0.25, -0.2) is 18.4 Å². The second-order valence-electron chi connectivity index (χ2n) is 10.7. The number of benzene rings is 2. The molecule has 12 heteroatoms. The fourth-order valence-corrected chi connectivity index (χ4v) is 4.12. The van der Waals surface area contributed by atoms with Crippen molar-refractivity contribution < 1.29 is 27.9 Å². The highest BCUT2D eigenvalue weighted by Gasteiger charge is 2.20. The summed E-state index contributed by atoms with van der Waals surface area (Å²) in [5.74, 6) is -2.59. The molecular weight excluding hydrogens is 558 g/mol. The molecular formula is C31H38F2N6O4. The van der Waals surface area contributed by atoms with Crippen molar-refractivity contribution in [3.63, 3.8) is 0 Å². The molecule has 1 heterocycles. The normalized spacial score (nSPS) is 11.9. The van der Waals surface area contributed by atoms with E-state index < -0.39 is 41.3 Å². The second-order valence-corrected chi connectivity index (χ2v) is 10.7. The van der Waals surface area contributed by atoms with E-state index in [-0.39, 0.29) is 11.4 Å². The highest BCUT2D eigenvalue weighted by molar-refractivity contribution is 6.05. The fraction of sp³-hybridized carbons (Fsp3) is 0.355. The van der Waals surface area contributed by atoms with E-state index in [9.17, 15) is 23.2 Å². The van der Waals surface area contributed by atoms with E-state index in [1.54, 1.807) is 51.1 Å². The van der Waals surface area contributed by atoms with E-state index >= 15 is 0 Å². The van der Waals surface area contributed by atoms with Crippen LogP contribution in [0, 0.1) is 11.6 Å². The van der Waals surface area contributed by atoms with Crippen LogP contribution in [0.15, 0.2) is 60.8 Å². The number of aromatic nitrogens is 1. The first kappa shape index (κ1) is 32.9. The number of halogens is 2. The zero-order chi connectivity index (χ0) is 31.6. The number of amides is 4. The van der Waals surface area contributed by atoms with Crippen LogP contribution in [0.5, 0.6) is 0 Å².